The fourth-order valence-corrected chi connectivity index (χ4v) is 3.00. The maximum atomic E-state index is 13.4. The fraction of sp³-hybridized carbons (Fsp3) is 0.375. The topological polar surface area (TPSA) is 37.8 Å². The largest absolute Gasteiger partial charge is 0.368 e. The van der Waals surface area contributed by atoms with E-state index in [2.05, 4.69) is 15.3 Å². The Balaban J connectivity index is 1.75. The lowest BCUT2D eigenvalue weighted by Gasteiger charge is -2.18. The number of hydrogen-bond acceptors (Lipinski definition) is 3. The molecule has 6 heteroatoms. The Bertz CT molecular complexity index is 670. The highest BCUT2D eigenvalue weighted by molar-refractivity contribution is 6.33. The monoisotopic (exact) mass is 339 g/mol. The molecule has 1 aliphatic rings. The average molecular weight is 340 g/mol. The third-order valence-electron chi connectivity index (χ3n) is 4.10. The van der Waals surface area contributed by atoms with Crippen LogP contribution in [0.4, 0.5) is 10.2 Å². The van der Waals surface area contributed by atoms with Gasteiger partial charge in [0.25, 0.3) is 0 Å². The molecule has 0 radical (unpaired) electrons. The van der Waals surface area contributed by atoms with Crippen molar-refractivity contribution < 1.29 is 4.39 Å². The first-order valence-corrected chi connectivity index (χ1v) is 7.92. The van der Waals surface area contributed by atoms with Crippen molar-refractivity contribution in [2.75, 3.05) is 11.9 Å². The number of rotatable bonds is 5. The number of aromatic nitrogens is 2. The van der Waals surface area contributed by atoms with Crippen LogP contribution in [0, 0.1) is 0 Å². The summed E-state index contributed by atoms with van der Waals surface area (Å²) in [5.74, 6) is 0.483. The van der Waals surface area contributed by atoms with Crippen molar-refractivity contribution in [2.45, 2.75) is 31.4 Å². The Morgan fingerprint density at radius 3 is 2.50 bits per heavy atom. The van der Waals surface area contributed by atoms with E-state index in [1.165, 1.54) is 18.8 Å². The smallest absolute Gasteiger partial charge is 0.148 e. The van der Waals surface area contributed by atoms with Gasteiger partial charge < -0.3 is 5.32 Å². The van der Waals surface area contributed by atoms with Gasteiger partial charge in [0.15, 0.2) is 0 Å². The summed E-state index contributed by atoms with van der Waals surface area (Å²) >= 11 is 12.1. The first-order chi connectivity index (χ1) is 10.5. The highest BCUT2D eigenvalue weighted by Gasteiger charge is 2.44. The zero-order valence-electron chi connectivity index (χ0n) is 12.1. The molecule has 1 unspecified atom stereocenters. The number of nitrogens with one attached hydrogen (secondary N) is 1. The highest BCUT2D eigenvalue weighted by atomic mass is 35.5. The molecule has 0 aliphatic heterocycles. The molecule has 1 N–H and O–H groups in total. The molecule has 1 saturated carbocycles. The summed E-state index contributed by atoms with van der Waals surface area (Å²) in [6.45, 7) is 2.11. The number of halogens is 3. The van der Waals surface area contributed by atoms with Gasteiger partial charge in [-0.2, -0.15) is 0 Å². The summed E-state index contributed by atoms with van der Waals surface area (Å²) < 4.78 is 13.4. The minimum Gasteiger partial charge on any atom is -0.368 e. The molecule has 3 rings (SSSR count). The molecular weight excluding hydrogens is 324 g/mol. The number of anilines is 1. The Hall–Kier alpha value is -1.39. The molecule has 3 nitrogen and oxygen atoms in total. The SMILES string of the molecule is CC(F)c1ncnc(NCC2(c3ccc(Cl)cc3)CC2)c1Cl. The number of nitrogens with zero attached hydrogens (tertiary/aromatic N) is 2. The van der Waals surface area contributed by atoms with Crippen LogP contribution < -0.4 is 5.32 Å². The number of benzene rings is 1. The molecule has 0 amide bonds. The van der Waals surface area contributed by atoms with E-state index in [9.17, 15) is 4.39 Å². The third-order valence-corrected chi connectivity index (χ3v) is 4.72. The van der Waals surface area contributed by atoms with E-state index in [4.69, 9.17) is 23.2 Å². The van der Waals surface area contributed by atoms with Crippen LogP contribution in [0.15, 0.2) is 30.6 Å². The van der Waals surface area contributed by atoms with Crippen LogP contribution in [0.25, 0.3) is 0 Å². The Kier molecular flexibility index (Phi) is 4.24. The molecule has 1 fully saturated rings. The Morgan fingerprint density at radius 1 is 1.23 bits per heavy atom. The second-order valence-electron chi connectivity index (χ2n) is 5.68. The fourth-order valence-electron chi connectivity index (χ4n) is 2.56. The van der Waals surface area contributed by atoms with E-state index in [1.807, 2.05) is 24.3 Å². The van der Waals surface area contributed by atoms with Gasteiger partial charge in [-0.25, -0.2) is 14.4 Å². The van der Waals surface area contributed by atoms with Gasteiger partial charge in [-0.15, -0.1) is 0 Å². The number of alkyl halides is 1. The molecule has 1 atom stereocenters. The normalized spacial score (nSPS) is 17.1. The van der Waals surface area contributed by atoms with Crippen LogP contribution in [0.1, 0.15) is 37.2 Å². The zero-order valence-corrected chi connectivity index (χ0v) is 13.6. The van der Waals surface area contributed by atoms with Gasteiger partial charge in [-0.05, 0) is 37.5 Å². The molecule has 0 saturated heterocycles. The maximum Gasteiger partial charge on any atom is 0.148 e. The van der Waals surface area contributed by atoms with Crippen molar-refractivity contribution in [3.8, 4) is 0 Å². The van der Waals surface area contributed by atoms with E-state index < -0.39 is 6.17 Å². The van der Waals surface area contributed by atoms with Crippen molar-refractivity contribution in [3.05, 3.63) is 51.9 Å². The molecular formula is C16H16Cl2FN3. The van der Waals surface area contributed by atoms with E-state index in [0.29, 0.717) is 12.4 Å². The Labute approximate surface area is 138 Å². The first kappa shape index (κ1) is 15.5. The van der Waals surface area contributed by atoms with E-state index in [-0.39, 0.29) is 16.1 Å². The Morgan fingerprint density at radius 2 is 1.91 bits per heavy atom. The van der Waals surface area contributed by atoms with Gasteiger partial charge in [-0.3, -0.25) is 0 Å². The van der Waals surface area contributed by atoms with Gasteiger partial charge >= 0.3 is 0 Å². The minimum atomic E-state index is -1.22. The maximum absolute atomic E-state index is 13.4. The zero-order chi connectivity index (χ0) is 15.7. The van der Waals surface area contributed by atoms with Crippen molar-refractivity contribution in [2.24, 2.45) is 0 Å². The third kappa shape index (κ3) is 3.03. The van der Waals surface area contributed by atoms with Crippen LogP contribution in [-0.4, -0.2) is 16.5 Å². The number of hydrogen-bond donors (Lipinski definition) is 1. The molecule has 0 spiro atoms. The van der Waals surface area contributed by atoms with Crippen molar-refractivity contribution >= 4 is 29.0 Å². The van der Waals surface area contributed by atoms with Crippen molar-refractivity contribution in [1.82, 2.24) is 9.97 Å². The van der Waals surface area contributed by atoms with Crippen LogP contribution in [-0.2, 0) is 5.41 Å². The molecule has 1 aromatic heterocycles. The lowest BCUT2D eigenvalue weighted by molar-refractivity contribution is 0.365. The summed E-state index contributed by atoms with van der Waals surface area (Å²) in [6, 6.07) is 7.90. The lowest BCUT2D eigenvalue weighted by Crippen LogP contribution is -2.20. The summed E-state index contributed by atoms with van der Waals surface area (Å²) in [5.41, 5.74) is 1.55. The summed E-state index contributed by atoms with van der Waals surface area (Å²) in [5, 5.41) is 4.23. The van der Waals surface area contributed by atoms with Gasteiger partial charge in [0.2, 0.25) is 0 Å². The molecule has 1 heterocycles. The van der Waals surface area contributed by atoms with E-state index in [1.54, 1.807) is 0 Å². The predicted octanol–water partition coefficient (Wildman–Crippen LogP) is 4.96. The predicted molar refractivity (Wildman–Crippen MR) is 87.4 cm³/mol. The summed E-state index contributed by atoms with van der Waals surface area (Å²) in [4.78, 5) is 8.01. The van der Waals surface area contributed by atoms with Crippen LogP contribution >= 0.6 is 23.2 Å². The van der Waals surface area contributed by atoms with Crippen molar-refractivity contribution in [1.29, 1.82) is 0 Å². The van der Waals surface area contributed by atoms with Crippen LogP contribution in [0.2, 0.25) is 10.0 Å². The molecule has 1 aromatic carbocycles. The van der Waals surface area contributed by atoms with Crippen LogP contribution in [0.3, 0.4) is 0 Å². The summed E-state index contributed by atoms with van der Waals surface area (Å²) in [7, 11) is 0. The van der Waals surface area contributed by atoms with Gasteiger partial charge in [0, 0.05) is 17.0 Å². The van der Waals surface area contributed by atoms with Crippen molar-refractivity contribution in [3.63, 3.8) is 0 Å². The van der Waals surface area contributed by atoms with Crippen LogP contribution in [0.5, 0.6) is 0 Å². The molecule has 2 aromatic rings. The second-order valence-corrected chi connectivity index (χ2v) is 6.49. The quantitative estimate of drug-likeness (QED) is 0.836. The van der Waals surface area contributed by atoms with E-state index >= 15 is 0 Å². The van der Waals surface area contributed by atoms with Gasteiger partial charge in [0.1, 0.15) is 23.3 Å². The lowest BCUT2D eigenvalue weighted by atomic mass is 9.96. The molecule has 116 valence electrons. The molecule has 22 heavy (non-hydrogen) atoms. The van der Waals surface area contributed by atoms with Gasteiger partial charge in [0.05, 0.1) is 5.69 Å². The highest BCUT2D eigenvalue weighted by Crippen LogP contribution is 2.48. The average Bonchev–Trinajstić information content (AvgIpc) is 3.28. The van der Waals surface area contributed by atoms with Gasteiger partial charge in [-0.1, -0.05) is 35.3 Å². The van der Waals surface area contributed by atoms with E-state index in [0.717, 1.165) is 17.9 Å². The first-order valence-electron chi connectivity index (χ1n) is 7.16. The standard InChI is InChI=1S/C16H16Cl2FN3/c1-10(19)14-13(18)15(22-9-21-14)20-8-16(6-7-16)11-2-4-12(17)5-3-11/h2-5,9-10H,6-8H2,1H3,(H,20,21,22). The summed E-state index contributed by atoms with van der Waals surface area (Å²) in [6.07, 6.45) is 2.30. The second kappa shape index (κ2) is 6.01. The molecule has 1 aliphatic carbocycles. The molecule has 0 bridgehead atoms. The minimum absolute atomic E-state index is 0.0837.